The maximum absolute atomic E-state index is 9.78. The van der Waals surface area contributed by atoms with Gasteiger partial charge in [0.05, 0.1) is 5.71 Å². The summed E-state index contributed by atoms with van der Waals surface area (Å²) in [4.78, 5) is 0. The first kappa shape index (κ1) is 14.0. The minimum Gasteiger partial charge on any atom is -0.504 e. The van der Waals surface area contributed by atoms with Gasteiger partial charge in [-0.2, -0.15) is 0 Å². The van der Waals surface area contributed by atoms with Crippen molar-refractivity contribution in [1.82, 2.24) is 0 Å². The molecule has 20 heavy (non-hydrogen) atoms. The number of hydrogen-bond acceptors (Lipinski definition) is 5. The van der Waals surface area contributed by atoms with E-state index in [1.54, 1.807) is 24.3 Å². The summed E-state index contributed by atoms with van der Waals surface area (Å²) in [5, 5.41) is 41.3. The summed E-state index contributed by atoms with van der Waals surface area (Å²) in [6, 6.07) is 9.50. The van der Waals surface area contributed by atoms with Crippen LogP contribution in [0.4, 0.5) is 0 Å². The Balaban J connectivity index is 2.37. The minimum absolute atomic E-state index is 0.128. The van der Waals surface area contributed by atoms with Crippen LogP contribution in [0.3, 0.4) is 0 Å². The molecule has 6 heteroatoms. The molecule has 0 radical (unpaired) electrons. The van der Waals surface area contributed by atoms with E-state index in [-0.39, 0.29) is 17.7 Å². The Morgan fingerprint density at radius 1 is 1.05 bits per heavy atom. The first-order valence-electron chi connectivity index (χ1n) is 5.72. The molecule has 0 aliphatic carbocycles. The van der Waals surface area contributed by atoms with Gasteiger partial charge >= 0.3 is 0 Å². The van der Waals surface area contributed by atoms with Gasteiger partial charge in [-0.3, -0.25) is 0 Å². The molecule has 0 amide bonds. The number of nitrogens with zero attached hydrogens (tertiary/aromatic N) is 1. The lowest BCUT2D eigenvalue weighted by Crippen LogP contribution is -2.06. The molecule has 4 N–H and O–H groups in total. The molecular formula is C14H12ClNO4. The number of rotatable bonds is 3. The van der Waals surface area contributed by atoms with Crippen LogP contribution < -0.4 is 0 Å². The van der Waals surface area contributed by atoms with Gasteiger partial charge in [0.2, 0.25) is 5.75 Å². The van der Waals surface area contributed by atoms with Crippen molar-refractivity contribution in [2.75, 3.05) is 0 Å². The predicted octanol–water partition coefficient (Wildman–Crippen LogP) is 2.88. The lowest BCUT2D eigenvalue weighted by molar-refractivity contribution is 0.317. The van der Waals surface area contributed by atoms with E-state index >= 15 is 0 Å². The lowest BCUT2D eigenvalue weighted by Gasteiger charge is -2.09. The van der Waals surface area contributed by atoms with Crippen molar-refractivity contribution < 1.29 is 20.5 Å². The van der Waals surface area contributed by atoms with Gasteiger partial charge in [-0.1, -0.05) is 28.9 Å². The molecule has 5 nitrogen and oxygen atoms in total. The Labute approximate surface area is 120 Å². The highest BCUT2D eigenvalue weighted by atomic mass is 35.5. The van der Waals surface area contributed by atoms with E-state index in [0.29, 0.717) is 5.02 Å². The topological polar surface area (TPSA) is 93.3 Å². The lowest BCUT2D eigenvalue weighted by atomic mass is 10.0. The monoisotopic (exact) mass is 293 g/mol. The second-order valence-corrected chi connectivity index (χ2v) is 4.62. The molecule has 2 rings (SSSR count). The van der Waals surface area contributed by atoms with E-state index in [1.807, 2.05) is 0 Å². The molecule has 0 spiro atoms. The fourth-order valence-corrected chi connectivity index (χ4v) is 2.04. The quantitative estimate of drug-likeness (QED) is 0.303. The third kappa shape index (κ3) is 2.78. The molecule has 0 unspecified atom stereocenters. The van der Waals surface area contributed by atoms with Crippen LogP contribution >= 0.6 is 11.6 Å². The highest BCUT2D eigenvalue weighted by molar-refractivity contribution is 6.30. The molecule has 104 valence electrons. The number of aromatic hydroxyl groups is 3. The van der Waals surface area contributed by atoms with Crippen molar-refractivity contribution in [3.05, 3.63) is 52.5 Å². The van der Waals surface area contributed by atoms with Gasteiger partial charge in [-0.25, -0.2) is 0 Å². The third-order valence-electron chi connectivity index (χ3n) is 2.82. The largest absolute Gasteiger partial charge is 0.504 e. The van der Waals surface area contributed by atoms with Gasteiger partial charge in [0, 0.05) is 17.0 Å². The summed E-state index contributed by atoms with van der Waals surface area (Å²) in [7, 11) is 0. The number of oxime groups is 1. The normalized spacial score (nSPS) is 11.6. The third-order valence-corrected chi connectivity index (χ3v) is 3.06. The Morgan fingerprint density at radius 2 is 1.80 bits per heavy atom. The van der Waals surface area contributed by atoms with Gasteiger partial charge in [-0.15, -0.1) is 0 Å². The van der Waals surface area contributed by atoms with Crippen molar-refractivity contribution in [3.8, 4) is 17.2 Å². The van der Waals surface area contributed by atoms with Crippen LogP contribution in [0.5, 0.6) is 17.2 Å². The summed E-state index contributed by atoms with van der Waals surface area (Å²) in [5.74, 6) is -1.65. The van der Waals surface area contributed by atoms with Crippen molar-refractivity contribution in [3.63, 3.8) is 0 Å². The number of benzene rings is 2. The number of hydrogen-bond donors (Lipinski definition) is 4. The van der Waals surface area contributed by atoms with Crippen LogP contribution in [-0.4, -0.2) is 26.2 Å². The van der Waals surface area contributed by atoms with Crippen LogP contribution in [-0.2, 0) is 6.42 Å². The van der Waals surface area contributed by atoms with E-state index < -0.39 is 17.2 Å². The van der Waals surface area contributed by atoms with Gasteiger partial charge in [0.1, 0.15) is 0 Å². The zero-order valence-corrected chi connectivity index (χ0v) is 11.0. The molecule has 2 aromatic carbocycles. The van der Waals surface area contributed by atoms with Gasteiger partial charge in [0.25, 0.3) is 0 Å². The SMILES string of the molecule is O/N=C(\Cc1cccc(Cl)c1)c1ccc(O)c(O)c1O. The predicted molar refractivity (Wildman–Crippen MR) is 74.9 cm³/mol. The van der Waals surface area contributed by atoms with Crippen molar-refractivity contribution >= 4 is 17.3 Å². The fraction of sp³-hybridized carbons (Fsp3) is 0.0714. The van der Waals surface area contributed by atoms with Gasteiger partial charge in [-0.05, 0) is 29.8 Å². The molecule has 0 bridgehead atoms. The van der Waals surface area contributed by atoms with Crippen LogP contribution in [0.15, 0.2) is 41.6 Å². The molecule has 0 saturated carbocycles. The molecule has 0 fully saturated rings. The molecule has 0 saturated heterocycles. The average Bonchev–Trinajstić information content (AvgIpc) is 2.43. The number of phenolic OH excluding ortho intramolecular Hbond substituents is 3. The maximum atomic E-state index is 9.78. The smallest absolute Gasteiger partial charge is 0.200 e. The summed E-state index contributed by atoms with van der Waals surface area (Å²) in [5.41, 5.74) is 1.04. The summed E-state index contributed by atoms with van der Waals surface area (Å²) in [6.07, 6.45) is 0.203. The minimum atomic E-state index is -0.658. The standard InChI is InChI=1S/C14H12ClNO4/c15-9-3-1-2-8(6-9)7-11(16-20)10-4-5-12(17)14(19)13(10)18/h1-6,17-20H,7H2/b16-11+. The van der Waals surface area contributed by atoms with E-state index in [9.17, 15) is 15.3 Å². The second-order valence-electron chi connectivity index (χ2n) is 4.18. The number of phenols is 3. The Morgan fingerprint density at radius 3 is 2.45 bits per heavy atom. The van der Waals surface area contributed by atoms with Gasteiger partial charge < -0.3 is 20.5 Å². The van der Waals surface area contributed by atoms with E-state index in [4.69, 9.17) is 16.8 Å². The molecule has 0 aromatic heterocycles. The first-order chi connectivity index (χ1) is 9.52. The van der Waals surface area contributed by atoms with E-state index in [0.717, 1.165) is 5.56 Å². The summed E-state index contributed by atoms with van der Waals surface area (Å²) < 4.78 is 0. The van der Waals surface area contributed by atoms with Crippen molar-refractivity contribution in [2.45, 2.75) is 6.42 Å². The van der Waals surface area contributed by atoms with E-state index in [2.05, 4.69) is 5.16 Å². The summed E-state index contributed by atoms with van der Waals surface area (Å²) in [6.45, 7) is 0. The molecular weight excluding hydrogens is 282 g/mol. The molecule has 2 aromatic rings. The Hall–Kier alpha value is -2.40. The van der Waals surface area contributed by atoms with Crippen LogP contribution in [0.25, 0.3) is 0 Å². The highest BCUT2D eigenvalue weighted by Gasteiger charge is 2.16. The zero-order valence-electron chi connectivity index (χ0n) is 10.3. The second kappa shape index (κ2) is 5.71. The van der Waals surface area contributed by atoms with Gasteiger partial charge in [0.15, 0.2) is 11.5 Å². The van der Waals surface area contributed by atoms with Crippen molar-refractivity contribution in [1.29, 1.82) is 0 Å². The summed E-state index contributed by atoms with van der Waals surface area (Å²) >= 11 is 5.87. The van der Waals surface area contributed by atoms with Crippen LogP contribution in [0, 0.1) is 0 Å². The van der Waals surface area contributed by atoms with Crippen LogP contribution in [0.1, 0.15) is 11.1 Å². The maximum Gasteiger partial charge on any atom is 0.200 e. The molecule has 0 atom stereocenters. The molecule has 0 heterocycles. The average molecular weight is 294 g/mol. The highest BCUT2D eigenvalue weighted by Crippen LogP contribution is 2.37. The zero-order chi connectivity index (χ0) is 14.7. The Kier molecular flexibility index (Phi) is 4.00. The van der Waals surface area contributed by atoms with Crippen LogP contribution in [0.2, 0.25) is 5.02 Å². The Bertz CT molecular complexity index is 670. The number of halogens is 1. The van der Waals surface area contributed by atoms with Crippen molar-refractivity contribution in [2.24, 2.45) is 5.16 Å². The molecule has 0 aliphatic rings. The molecule has 0 aliphatic heterocycles. The van der Waals surface area contributed by atoms with E-state index in [1.165, 1.54) is 12.1 Å². The fourth-order valence-electron chi connectivity index (χ4n) is 1.83. The first-order valence-corrected chi connectivity index (χ1v) is 6.10.